The van der Waals surface area contributed by atoms with Crippen molar-refractivity contribution in [3.63, 3.8) is 0 Å². The highest BCUT2D eigenvalue weighted by Crippen LogP contribution is 2.37. The highest BCUT2D eigenvalue weighted by Gasteiger charge is 2.28. The van der Waals surface area contributed by atoms with Crippen molar-refractivity contribution >= 4 is 45.7 Å². The molecule has 1 aliphatic rings. The minimum Gasteiger partial charge on any atom is -0.504 e. The van der Waals surface area contributed by atoms with Gasteiger partial charge in [-0.25, -0.2) is 0 Å². The average molecular weight is 432 g/mol. The van der Waals surface area contributed by atoms with Gasteiger partial charge >= 0.3 is 0 Å². The molecule has 0 bridgehead atoms. The molecular weight excluding hydrogens is 415 g/mol. The molecule has 1 aromatic carbocycles. The van der Waals surface area contributed by atoms with Crippen LogP contribution in [0.1, 0.15) is 32.4 Å². The monoisotopic (exact) mass is 432 g/mol. The highest BCUT2D eigenvalue weighted by molar-refractivity contribution is 14.1. The number of benzene rings is 1. The number of phenols is 1. The molecule has 3 N–H and O–H groups in total. The molecule has 0 saturated heterocycles. The zero-order valence-corrected chi connectivity index (χ0v) is 15.5. The number of allylic oxidation sites excluding steroid dienone is 1. The third kappa shape index (κ3) is 3.35. The Morgan fingerprint density at radius 3 is 2.77 bits per heavy atom. The number of thiocarbonyl (C=S) groups is 1. The van der Waals surface area contributed by atoms with Crippen molar-refractivity contribution in [2.75, 3.05) is 6.61 Å². The van der Waals surface area contributed by atoms with Gasteiger partial charge in [0.1, 0.15) is 0 Å². The lowest BCUT2D eigenvalue weighted by atomic mass is 9.93. The summed E-state index contributed by atoms with van der Waals surface area (Å²) >= 11 is 7.23. The maximum Gasteiger partial charge on any atom is 0.171 e. The topological polar surface area (TPSA) is 70.6 Å². The van der Waals surface area contributed by atoms with Crippen molar-refractivity contribution in [1.82, 2.24) is 10.6 Å². The number of rotatable bonds is 4. The number of hydrogen-bond donors (Lipinski definition) is 3. The van der Waals surface area contributed by atoms with Crippen LogP contribution in [0.15, 0.2) is 23.4 Å². The molecule has 0 fully saturated rings. The van der Waals surface area contributed by atoms with Crippen molar-refractivity contribution in [2.45, 2.75) is 26.8 Å². The van der Waals surface area contributed by atoms with Crippen molar-refractivity contribution in [3.05, 3.63) is 32.5 Å². The van der Waals surface area contributed by atoms with Crippen LogP contribution in [0, 0.1) is 3.57 Å². The molecule has 0 spiro atoms. The van der Waals surface area contributed by atoms with E-state index in [2.05, 4.69) is 10.6 Å². The maximum atomic E-state index is 12.0. The van der Waals surface area contributed by atoms with E-state index in [1.54, 1.807) is 6.07 Å². The van der Waals surface area contributed by atoms with E-state index in [-0.39, 0.29) is 17.6 Å². The molecule has 0 radical (unpaired) electrons. The van der Waals surface area contributed by atoms with E-state index in [1.807, 2.05) is 42.5 Å². The van der Waals surface area contributed by atoms with Gasteiger partial charge in [0.25, 0.3) is 0 Å². The molecule has 118 valence electrons. The molecular formula is C15H17IN2O3S. The zero-order valence-electron chi connectivity index (χ0n) is 12.5. The normalized spacial score (nSPS) is 17.8. The maximum absolute atomic E-state index is 12.0. The largest absolute Gasteiger partial charge is 0.504 e. The lowest BCUT2D eigenvalue weighted by Crippen LogP contribution is -2.44. The first-order valence-corrected chi connectivity index (χ1v) is 8.28. The number of hydrogen-bond acceptors (Lipinski definition) is 4. The fraction of sp³-hybridized carbons (Fsp3) is 0.333. The predicted molar refractivity (Wildman–Crippen MR) is 97.0 cm³/mol. The third-order valence-corrected chi connectivity index (χ3v) is 4.37. The molecule has 2 rings (SSSR count). The van der Waals surface area contributed by atoms with Crippen molar-refractivity contribution in [3.8, 4) is 11.5 Å². The summed E-state index contributed by atoms with van der Waals surface area (Å²) in [7, 11) is 0. The summed E-state index contributed by atoms with van der Waals surface area (Å²) < 4.78 is 6.12. The minimum atomic E-state index is -0.362. The van der Waals surface area contributed by atoms with Gasteiger partial charge in [-0.1, -0.05) is 0 Å². The first kappa shape index (κ1) is 17.0. The van der Waals surface area contributed by atoms with E-state index in [9.17, 15) is 9.90 Å². The smallest absolute Gasteiger partial charge is 0.171 e. The van der Waals surface area contributed by atoms with Crippen LogP contribution in [-0.4, -0.2) is 22.6 Å². The Hall–Kier alpha value is -1.35. The van der Waals surface area contributed by atoms with Crippen LogP contribution in [0.4, 0.5) is 0 Å². The van der Waals surface area contributed by atoms with Crippen molar-refractivity contribution in [2.24, 2.45) is 0 Å². The van der Waals surface area contributed by atoms with E-state index in [1.165, 1.54) is 6.92 Å². The molecule has 7 heteroatoms. The molecule has 0 unspecified atom stereocenters. The Morgan fingerprint density at radius 2 is 2.18 bits per heavy atom. The lowest BCUT2D eigenvalue weighted by Gasteiger charge is -2.30. The SMILES string of the molecule is CCOc1cc([C@H]2NC(=S)NC(C)=C2C(C)=O)cc(I)c1O. The summed E-state index contributed by atoms with van der Waals surface area (Å²) in [5.41, 5.74) is 2.18. The summed E-state index contributed by atoms with van der Waals surface area (Å²) in [6, 6.07) is 3.20. The quantitative estimate of drug-likeness (QED) is 0.502. The van der Waals surface area contributed by atoms with Gasteiger partial charge in [-0.2, -0.15) is 0 Å². The standard InChI is InChI=1S/C15H17IN2O3S/c1-4-21-11-6-9(5-10(16)14(11)20)13-12(8(3)19)7(2)17-15(22)18-13/h5-6,13,20H,4H2,1-3H3,(H2,17,18,22)/t13-/m1/s1. The highest BCUT2D eigenvalue weighted by atomic mass is 127. The molecule has 1 aromatic rings. The number of phenolic OH excluding ortho intramolecular Hbond substituents is 1. The number of carbonyl (C=O) groups excluding carboxylic acids is 1. The van der Waals surface area contributed by atoms with Crippen LogP contribution in [0.3, 0.4) is 0 Å². The number of aromatic hydroxyl groups is 1. The van der Waals surface area contributed by atoms with Crippen molar-refractivity contribution in [1.29, 1.82) is 0 Å². The van der Waals surface area contributed by atoms with Crippen LogP contribution >= 0.6 is 34.8 Å². The Morgan fingerprint density at radius 1 is 1.50 bits per heavy atom. The average Bonchev–Trinajstić information content (AvgIpc) is 2.42. The fourth-order valence-electron chi connectivity index (χ4n) is 2.44. The molecule has 1 atom stereocenters. The molecule has 5 nitrogen and oxygen atoms in total. The van der Waals surface area contributed by atoms with Crippen molar-refractivity contribution < 1.29 is 14.6 Å². The summed E-state index contributed by atoms with van der Waals surface area (Å²) in [4.78, 5) is 12.0. The molecule has 1 heterocycles. The first-order valence-electron chi connectivity index (χ1n) is 6.79. The molecule has 1 aliphatic heterocycles. The molecule has 0 aromatic heterocycles. The summed E-state index contributed by atoms with van der Waals surface area (Å²) in [5.74, 6) is 0.468. The van der Waals surface area contributed by atoms with Gasteiger partial charge in [0.05, 0.1) is 16.2 Å². The van der Waals surface area contributed by atoms with Gasteiger partial charge in [-0.3, -0.25) is 4.79 Å². The zero-order chi connectivity index (χ0) is 16.4. The van der Waals surface area contributed by atoms with Crippen LogP contribution in [-0.2, 0) is 4.79 Å². The van der Waals surface area contributed by atoms with Gasteiger partial charge < -0.3 is 20.5 Å². The number of ketones is 1. The van der Waals surface area contributed by atoms with Gasteiger partial charge in [0.15, 0.2) is 22.4 Å². The Labute approximate surface area is 148 Å². The third-order valence-electron chi connectivity index (χ3n) is 3.33. The van der Waals surface area contributed by atoms with Gasteiger partial charge in [-0.05, 0) is 73.3 Å². The summed E-state index contributed by atoms with van der Waals surface area (Å²) in [6.45, 7) is 5.64. The van der Waals surface area contributed by atoms with E-state index in [0.717, 1.165) is 11.3 Å². The van der Waals surface area contributed by atoms with Crippen LogP contribution in [0.25, 0.3) is 0 Å². The number of carbonyl (C=O) groups is 1. The van der Waals surface area contributed by atoms with Crippen LogP contribution in [0.5, 0.6) is 11.5 Å². The van der Waals surface area contributed by atoms with Gasteiger partial charge in [0.2, 0.25) is 0 Å². The lowest BCUT2D eigenvalue weighted by molar-refractivity contribution is -0.114. The summed E-state index contributed by atoms with van der Waals surface area (Å²) in [5, 5.41) is 16.6. The van der Waals surface area contributed by atoms with E-state index < -0.39 is 0 Å². The number of ether oxygens (including phenoxy) is 1. The van der Waals surface area contributed by atoms with E-state index >= 15 is 0 Å². The fourth-order valence-corrected chi connectivity index (χ4v) is 3.33. The second-order valence-electron chi connectivity index (χ2n) is 4.91. The molecule has 0 aliphatic carbocycles. The van der Waals surface area contributed by atoms with Gasteiger partial charge in [0, 0.05) is 11.3 Å². The number of halogens is 1. The number of Topliss-reactive ketones (excluding diaryl/α,β-unsaturated/α-hetero) is 1. The molecule has 0 saturated carbocycles. The van der Waals surface area contributed by atoms with Crippen LogP contribution < -0.4 is 15.4 Å². The first-order chi connectivity index (χ1) is 10.3. The Balaban J connectivity index is 2.56. The van der Waals surface area contributed by atoms with Gasteiger partial charge in [-0.15, -0.1) is 0 Å². The van der Waals surface area contributed by atoms with E-state index in [4.69, 9.17) is 17.0 Å². The molecule has 0 amide bonds. The molecule has 22 heavy (non-hydrogen) atoms. The number of nitrogens with one attached hydrogen (secondary N) is 2. The van der Waals surface area contributed by atoms with Crippen LogP contribution in [0.2, 0.25) is 0 Å². The Bertz CT molecular complexity index is 673. The second-order valence-corrected chi connectivity index (χ2v) is 6.48. The predicted octanol–water partition coefficient (Wildman–Crippen LogP) is 2.78. The Kier molecular flexibility index (Phi) is 5.28. The second kappa shape index (κ2) is 6.82. The van der Waals surface area contributed by atoms with E-state index in [0.29, 0.717) is 26.6 Å². The summed E-state index contributed by atoms with van der Waals surface area (Å²) in [6.07, 6.45) is 0. The minimum absolute atomic E-state index is 0.0361.